The summed E-state index contributed by atoms with van der Waals surface area (Å²) in [5.41, 5.74) is 2.28. The second-order valence-corrected chi connectivity index (χ2v) is 4.94. The van der Waals surface area contributed by atoms with E-state index < -0.39 is 0 Å². The highest BCUT2D eigenvalue weighted by atomic mass is 35.5. The van der Waals surface area contributed by atoms with Crippen LogP contribution in [-0.2, 0) is 4.74 Å². The number of hydrogen-bond acceptors (Lipinski definition) is 4. The Morgan fingerprint density at radius 2 is 2.40 bits per heavy atom. The van der Waals surface area contributed by atoms with Crippen molar-refractivity contribution in [2.75, 3.05) is 19.7 Å². The van der Waals surface area contributed by atoms with Crippen molar-refractivity contribution in [3.05, 3.63) is 47.0 Å². The van der Waals surface area contributed by atoms with E-state index in [1.807, 2.05) is 10.6 Å². The zero-order valence-corrected chi connectivity index (χ0v) is 11.5. The topological polar surface area (TPSA) is 62.9 Å². The molecular formula is C14H13ClN4O. The Labute approximate surface area is 121 Å². The molecule has 1 aromatic heterocycles. The predicted octanol–water partition coefficient (Wildman–Crippen LogP) is 2.06. The van der Waals surface area contributed by atoms with E-state index in [0.717, 1.165) is 24.5 Å². The standard InChI is InChI=1S/C14H13ClN4O/c15-11-5-10(6-16)1-2-12(11)19-9-18-7-13(19)14-8-17-3-4-20-14/h1-2,5,7,9,14,17H,3-4,8H2. The Morgan fingerprint density at radius 1 is 1.50 bits per heavy atom. The zero-order valence-electron chi connectivity index (χ0n) is 10.7. The van der Waals surface area contributed by atoms with Crippen molar-refractivity contribution in [3.63, 3.8) is 0 Å². The van der Waals surface area contributed by atoms with Crippen LogP contribution in [0.1, 0.15) is 17.4 Å². The second-order valence-electron chi connectivity index (χ2n) is 4.53. The smallest absolute Gasteiger partial charge is 0.112 e. The summed E-state index contributed by atoms with van der Waals surface area (Å²) < 4.78 is 7.65. The monoisotopic (exact) mass is 288 g/mol. The first-order valence-corrected chi connectivity index (χ1v) is 6.72. The first-order chi connectivity index (χ1) is 9.79. The summed E-state index contributed by atoms with van der Waals surface area (Å²) in [6.45, 7) is 2.29. The fourth-order valence-electron chi connectivity index (χ4n) is 2.27. The molecule has 3 rings (SSSR count). The van der Waals surface area contributed by atoms with E-state index >= 15 is 0 Å². The minimum absolute atomic E-state index is 0.0436. The molecule has 0 bridgehead atoms. The maximum Gasteiger partial charge on any atom is 0.112 e. The Bertz CT molecular complexity index is 655. The zero-order chi connectivity index (χ0) is 13.9. The van der Waals surface area contributed by atoms with Crippen molar-refractivity contribution in [3.8, 4) is 11.8 Å². The minimum atomic E-state index is -0.0436. The van der Waals surface area contributed by atoms with Gasteiger partial charge in [-0.15, -0.1) is 0 Å². The summed E-state index contributed by atoms with van der Waals surface area (Å²) in [7, 11) is 0. The van der Waals surface area contributed by atoms with Crippen molar-refractivity contribution in [2.45, 2.75) is 6.10 Å². The van der Waals surface area contributed by atoms with Crippen LogP contribution in [0.5, 0.6) is 0 Å². The molecule has 0 amide bonds. The van der Waals surface area contributed by atoms with Gasteiger partial charge in [-0.3, -0.25) is 4.57 Å². The summed E-state index contributed by atoms with van der Waals surface area (Å²) >= 11 is 6.25. The number of nitriles is 1. The first kappa shape index (κ1) is 13.1. The van der Waals surface area contributed by atoms with Gasteiger partial charge >= 0.3 is 0 Å². The number of halogens is 1. The van der Waals surface area contributed by atoms with Crippen molar-refractivity contribution < 1.29 is 4.74 Å². The third-order valence-corrected chi connectivity index (χ3v) is 3.56. The van der Waals surface area contributed by atoms with Crippen LogP contribution in [0.2, 0.25) is 5.02 Å². The third kappa shape index (κ3) is 2.41. The van der Waals surface area contributed by atoms with Crippen LogP contribution in [0.4, 0.5) is 0 Å². The average Bonchev–Trinajstić information content (AvgIpc) is 2.97. The number of nitrogens with zero attached hydrogens (tertiary/aromatic N) is 3. The minimum Gasteiger partial charge on any atom is -0.369 e. The van der Waals surface area contributed by atoms with E-state index in [2.05, 4.69) is 16.4 Å². The number of benzene rings is 1. The van der Waals surface area contributed by atoms with E-state index in [1.165, 1.54) is 0 Å². The van der Waals surface area contributed by atoms with Gasteiger partial charge in [-0.05, 0) is 18.2 Å². The van der Waals surface area contributed by atoms with Crippen molar-refractivity contribution in [2.24, 2.45) is 0 Å². The fourth-order valence-corrected chi connectivity index (χ4v) is 2.54. The lowest BCUT2D eigenvalue weighted by atomic mass is 10.2. The van der Waals surface area contributed by atoms with Gasteiger partial charge in [0.2, 0.25) is 0 Å². The van der Waals surface area contributed by atoms with E-state index in [0.29, 0.717) is 17.2 Å². The van der Waals surface area contributed by atoms with Crippen molar-refractivity contribution >= 4 is 11.6 Å². The summed E-state index contributed by atoms with van der Waals surface area (Å²) in [5, 5.41) is 12.7. The Hall–Kier alpha value is -1.87. The maximum atomic E-state index is 8.89. The molecular weight excluding hydrogens is 276 g/mol. The lowest BCUT2D eigenvalue weighted by Gasteiger charge is -2.24. The molecule has 1 N–H and O–H groups in total. The maximum absolute atomic E-state index is 8.89. The molecule has 2 aromatic rings. The van der Waals surface area contributed by atoms with Crippen LogP contribution in [0.25, 0.3) is 5.69 Å². The van der Waals surface area contributed by atoms with Gasteiger partial charge in [-0.2, -0.15) is 5.26 Å². The van der Waals surface area contributed by atoms with Crippen LogP contribution in [0.15, 0.2) is 30.7 Å². The van der Waals surface area contributed by atoms with Crippen molar-refractivity contribution in [1.82, 2.24) is 14.9 Å². The number of rotatable bonds is 2. The molecule has 20 heavy (non-hydrogen) atoms. The second kappa shape index (κ2) is 5.63. The third-order valence-electron chi connectivity index (χ3n) is 3.26. The molecule has 1 aliphatic heterocycles. The van der Waals surface area contributed by atoms with Gasteiger partial charge in [0, 0.05) is 13.1 Å². The highest BCUT2D eigenvalue weighted by Crippen LogP contribution is 2.27. The molecule has 5 nitrogen and oxygen atoms in total. The van der Waals surface area contributed by atoms with E-state index in [4.69, 9.17) is 21.6 Å². The summed E-state index contributed by atoms with van der Waals surface area (Å²) in [6.07, 6.45) is 3.45. The Kier molecular flexibility index (Phi) is 3.70. The highest BCUT2D eigenvalue weighted by Gasteiger charge is 2.20. The van der Waals surface area contributed by atoms with E-state index in [9.17, 15) is 0 Å². The normalized spacial score (nSPS) is 18.7. The number of ether oxygens (including phenoxy) is 1. The first-order valence-electron chi connectivity index (χ1n) is 6.34. The number of imidazole rings is 1. The Morgan fingerprint density at radius 3 is 3.10 bits per heavy atom. The van der Waals surface area contributed by atoms with Gasteiger partial charge in [0.25, 0.3) is 0 Å². The lowest BCUT2D eigenvalue weighted by molar-refractivity contribution is 0.0240. The van der Waals surface area contributed by atoms with Crippen LogP contribution in [-0.4, -0.2) is 29.2 Å². The molecule has 0 saturated carbocycles. The summed E-state index contributed by atoms with van der Waals surface area (Å²) in [6, 6.07) is 7.29. The molecule has 1 atom stereocenters. The molecule has 0 spiro atoms. The lowest BCUT2D eigenvalue weighted by Crippen LogP contribution is -2.34. The molecule has 1 unspecified atom stereocenters. The molecule has 0 radical (unpaired) electrons. The van der Waals surface area contributed by atoms with Crippen molar-refractivity contribution in [1.29, 1.82) is 5.26 Å². The number of morpholine rings is 1. The van der Waals surface area contributed by atoms with E-state index in [-0.39, 0.29) is 6.10 Å². The molecule has 6 heteroatoms. The molecule has 1 fully saturated rings. The van der Waals surface area contributed by atoms with Crippen LogP contribution >= 0.6 is 11.6 Å². The van der Waals surface area contributed by atoms with Gasteiger partial charge in [0.15, 0.2) is 0 Å². The average molecular weight is 289 g/mol. The number of aromatic nitrogens is 2. The molecule has 1 aliphatic rings. The SMILES string of the molecule is N#Cc1ccc(-n2cncc2C2CNCCO2)c(Cl)c1. The van der Waals surface area contributed by atoms with Crippen LogP contribution in [0, 0.1) is 11.3 Å². The van der Waals surface area contributed by atoms with Gasteiger partial charge < -0.3 is 10.1 Å². The number of nitrogens with one attached hydrogen (secondary N) is 1. The highest BCUT2D eigenvalue weighted by molar-refractivity contribution is 6.32. The molecule has 102 valence electrons. The van der Waals surface area contributed by atoms with Crippen LogP contribution in [0.3, 0.4) is 0 Å². The molecule has 1 saturated heterocycles. The van der Waals surface area contributed by atoms with Gasteiger partial charge in [-0.1, -0.05) is 11.6 Å². The van der Waals surface area contributed by atoms with Gasteiger partial charge in [0.1, 0.15) is 6.10 Å². The molecule has 1 aromatic carbocycles. The predicted molar refractivity (Wildman–Crippen MR) is 74.9 cm³/mol. The summed E-state index contributed by atoms with van der Waals surface area (Å²) in [5.74, 6) is 0. The quantitative estimate of drug-likeness (QED) is 0.919. The van der Waals surface area contributed by atoms with E-state index in [1.54, 1.807) is 24.7 Å². The fraction of sp³-hybridized carbons (Fsp3) is 0.286. The van der Waals surface area contributed by atoms with Gasteiger partial charge in [0.05, 0.1) is 47.2 Å². The van der Waals surface area contributed by atoms with Gasteiger partial charge in [-0.25, -0.2) is 4.98 Å². The number of hydrogen-bond donors (Lipinski definition) is 1. The largest absolute Gasteiger partial charge is 0.369 e. The van der Waals surface area contributed by atoms with Crippen LogP contribution < -0.4 is 5.32 Å². The molecule has 0 aliphatic carbocycles. The molecule has 2 heterocycles. The Balaban J connectivity index is 1.99. The summed E-state index contributed by atoms with van der Waals surface area (Å²) in [4.78, 5) is 4.19.